The number of anilines is 2. The van der Waals surface area contributed by atoms with Gasteiger partial charge in [0.25, 0.3) is 11.8 Å². The van der Waals surface area contributed by atoms with Gasteiger partial charge in [0.15, 0.2) is 0 Å². The summed E-state index contributed by atoms with van der Waals surface area (Å²) in [7, 11) is 0. The van der Waals surface area contributed by atoms with Gasteiger partial charge in [-0.1, -0.05) is 65.8 Å². The van der Waals surface area contributed by atoms with Crippen molar-refractivity contribution in [2.75, 3.05) is 10.2 Å². The van der Waals surface area contributed by atoms with Gasteiger partial charge in [0.2, 0.25) is 0 Å². The first-order chi connectivity index (χ1) is 13.0. The maximum absolute atomic E-state index is 12.8. The van der Waals surface area contributed by atoms with E-state index in [1.165, 1.54) is 16.5 Å². The number of carbonyl (C=O) groups is 2. The lowest BCUT2D eigenvalue weighted by Gasteiger charge is -2.21. The Bertz CT molecular complexity index is 925. The topological polar surface area (TPSA) is 49.4 Å². The molecule has 1 aliphatic rings. The van der Waals surface area contributed by atoms with Crippen LogP contribution in [-0.4, -0.2) is 11.8 Å². The van der Waals surface area contributed by atoms with E-state index < -0.39 is 0 Å². The van der Waals surface area contributed by atoms with Crippen LogP contribution in [0.1, 0.15) is 52.7 Å². The van der Waals surface area contributed by atoms with Gasteiger partial charge in [-0.2, -0.15) is 0 Å². The molecule has 4 heteroatoms. The Hall–Kier alpha value is -2.88. The second-order valence-electron chi connectivity index (χ2n) is 9.29. The normalized spacial score (nSPS) is 15.1. The summed E-state index contributed by atoms with van der Waals surface area (Å²) in [5, 5.41) is 3.08. The number of hydrogen-bond donors (Lipinski definition) is 1. The summed E-state index contributed by atoms with van der Waals surface area (Å²) in [6.07, 6.45) is 1.36. The van der Waals surface area contributed by atoms with E-state index in [4.69, 9.17) is 0 Å². The molecule has 1 N–H and O–H groups in total. The van der Waals surface area contributed by atoms with E-state index in [2.05, 4.69) is 46.9 Å². The molecule has 2 aromatic carbocycles. The largest absolute Gasteiger partial charge is 0.351 e. The maximum Gasteiger partial charge on any atom is 0.281 e. The summed E-state index contributed by atoms with van der Waals surface area (Å²) in [5.41, 5.74) is 4.09. The molecule has 2 amide bonds. The first-order valence-corrected chi connectivity index (χ1v) is 9.55. The molecular weight excluding hydrogens is 348 g/mol. The fourth-order valence-corrected chi connectivity index (χ4v) is 3.12. The van der Waals surface area contributed by atoms with E-state index in [9.17, 15) is 9.59 Å². The molecule has 28 heavy (non-hydrogen) atoms. The minimum Gasteiger partial charge on any atom is -0.351 e. The Morgan fingerprint density at radius 1 is 0.714 bits per heavy atom. The van der Waals surface area contributed by atoms with E-state index in [-0.39, 0.29) is 28.3 Å². The Morgan fingerprint density at radius 2 is 1.18 bits per heavy atom. The van der Waals surface area contributed by atoms with Crippen molar-refractivity contribution in [1.82, 2.24) is 0 Å². The zero-order chi connectivity index (χ0) is 20.7. The summed E-state index contributed by atoms with van der Waals surface area (Å²) in [6.45, 7) is 12.8. The lowest BCUT2D eigenvalue weighted by molar-refractivity contribution is -0.120. The van der Waals surface area contributed by atoms with Gasteiger partial charge >= 0.3 is 0 Å². The highest BCUT2D eigenvalue weighted by atomic mass is 16.2. The molecule has 0 atom stereocenters. The fraction of sp³-hybridized carbons (Fsp3) is 0.333. The van der Waals surface area contributed by atoms with Crippen LogP contribution >= 0.6 is 0 Å². The molecule has 3 rings (SSSR count). The van der Waals surface area contributed by atoms with Crippen LogP contribution in [0.4, 0.5) is 11.4 Å². The Morgan fingerprint density at radius 3 is 1.64 bits per heavy atom. The standard InChI is InChI=1S/C24H28N2O2/c1-23(2,3)16-7-11-18(12-8-16)25-20-15-21(27)26(22(20)28)19-13-9-17(10-14-19)24(4,5)6/h7-15,25H,1-6H3. The highest BCUT2D eigenvalue weighted by molar-refractivity contribution is 6.31. The van der Waals surface area contributed by atoms with E-state index in [1.807, 2.05) is 48.5 Å². The predicted octanol–water partition coefficient (Wildman–Crippen LogP) is 5.15. The number of nitrogens with zero attached hydrogens (tertiary/aromatic N) is 1. The van der Waals surface area contributed by atoms with Gasteiger partial charge in [0, 0.05) is 11.8 Å². The number of carbonyl (C=O) groups excluding carboxylic acids is 2. The number of nitrogens with one attached hydrogen (secondary N) is 1. The van der Waals surface area contributed by atoms with Gasteiger partial charge in [0.1, 0.15) is 5.70 Å². The van der Waals surface area contributed by atoms with Crippen LogP contribution in [0.2, 0.25) is 0 Å². The zero-order valence-electron chi connectivity index (χ0n) is 17.5. The van der Waals surface area contributed by atoms with Crippen LogP contribution in [0.25, 0.3) is 0 Å². The summed E-state index contributed by atoms with van der Waals surface area (Å²) in [6, 6.07) is 15.5. The fourth-order valence-electron chi connectivity index (χ4n) is 3.12. The number of imide groups is 1. The predicted molar refractivity (Wildman–Crippen MR) is 114 cm³/mol. The van der Waals surface area contributed by atoms with Gasteiger partial charge in [-0.3, -0.25) is 9.59 Å². The second-order valence-corrected chi connectivity index (χ2v) is 9.29. The van der Waals surface area contributed by atoms with E-state index in [0.717, 1.165) is 11.3 Å². The third-order valence-electron chi connectivity index (χ3n) is 4.94. The lowest BCUT2D eigenvalue weighted by atomic mass is 9.87. The molecule has 0 saturated heterocycles. The second kappa shape index (κ2) is 6.93. The first kappa shape index (κ1) is 19.9. The van der Waals surface area contributed by atoms with Crippen molar-refractivity contribution in [1.29, 1.82) is 0 Å². The van der Waals surface area contributed by atoms with Crippen molar-refractivity contribution < 1.29 is 9.59 Å². The molecule has 0 radical (unpaired) electrons. The minimum atomic E-state index is -0.339. The molecule has 1 heterocycles. The van der Waals surface area contributed by atoms with Crippen molar-refractivity contribution in [3.05, 3.63) is 71.4 Å². The van der Waals surface area contributed by atoms with Crippen molar-refractivity contribution in [2.24, 2.45) is 0 Å². The van der Waals surface area contributed by atoms with Crippen LogP contribution < -0.4 is 10.2 Å². The number of benzene rings is 2. The molecule has 0 saturated carbocycles. The smallest absolute Gasteiger partial charge is 0.281 e. The molecule has 0 aliphatic carbocycles. The van der Waals surface area contributed by atoms with Crippen LogP contribution in [0.5, 0.6) is 0 Å². The molecule has 0 aromatic heterocycles. The quantitative estimate of drug-likeness (QED) is 0.754. The molecule has 2 aromatic rings. The molecule has 146 valence electrons. The highest BCUT2D eigenvalue weighted by Gasteiger charge is 2.32. The van der Waals surface area contributed by atoms with E-state index in [0.29, 0.717) is 5.69 Å². The van der Waals surface area contributed by atoms with Gasteiger partial charge in [-0.05, 0) is 46.2 Å². The van der Waals surface area contributed by atoms with Crippen molar-refractivity contribution in [3.63, 3.8) is 0 Å². The molecule has 0 unspecified atom stereocenters. The molecule has 1 aliphatic heterocycles. The monoisotopic (exact) mass is 376 g/mol. The van der Waals surface area contributed by atoms with Crippen LogP contribution in [0.3, 0.4) is 0 Å². The van der Waals surface area contributed by atoms with E-state index >= 15 is 0 Å². The number of rotatable bonds is 3. The minimum absolute atomic E-state index is 0.0156. The third-order valence-corrected chi connectivity index (χ3v) is 4.94. The average Bonchev–Trinajstić information content (AvgIpc) is 2.87. The molecule has 0 spiro atoms. The van der Waals surface area contributed by atoms with Gasteiger partial charge < -0.3 is 5.32 Å². The van der Waals surface area contributed by atoms with Crippen molar-refractivity contribution >= 4 is 23.2 Å². The molecule has 0 bridgehead atoms. The Kier molecular flexibility index (Phi) is 4.92. The Balaban J connectivity index is 1.77. The van der Waals surface area contributed by atoms with Crippen molar-refractivity contribution in [2.45, 2.75) is 52.4 Å². The van der Waals surface area contributed by atoms with Crippen LogP contribution in [0.15, 0.2) is 60.3 Å². The van der Waals surface area contributed by atoms with Gasteiger partial charge in [-0.25, -0.2) is 4.90 Å². The van der Waals surface area contributed by atoms with Crippen LogP contribution in [-0.2, 0) is 20.4 Å². The number of hydrogen-bond acceptors (Lipinski definition) is 3. The zero-order valence-corrected chi connectivity index (χ0v) is 17.5. The molecular formula is C24H28N2O2. The summed E-state index contributed by atoms with van der Waals surface area (Å²) < 4.78 is 0. The SMILES string of the molecule is CC(C)(C)c1ccc(NC2=CC(=O)N(c3ccc(C(C)(C)C)cc3)C2=O)cc1. The summed E-state index contributed by atoms with van der Waals surface area (Å²) in [4.78, 5) is 26.5. The summed E-state index contributed by atoms with van der Waals surface area (Å²) in [5.74, 6) is -0.671. The lowest BCUT2D eigenvalue weighted by Crippen LogP contribution is -2.32. The van der Waals surface area contributed by atoms with Crippen molar-refractivity contribution in [3.8, 4) is 0 Å². The van der Waals surface area contributed by atoms with Gasteiger partial charge in [-0.15, -0.1) is 0 Å². The average molecular weight is 377 g/mol. The Labute approximate surface area is 167 Å². The van der Waals surface area contributed by atoms with Crippen LogP contribution in [0, 0.1) is 0 Å². The van der Waals surface area contributed by atoms with Gasteiger partial charge in [0.05, 0.1) is 5.69 Å². The molecule has 4 nitrogen and oxygen atoms in total. The third kappa shape index (κ3) is 4.01. The highest BCUT2D eigenvalue weighted by Crippen LogP contribution is 2.29. The number of amides is 2. The molecule has 0 fully saturated rings. The maximum atomic E-state index is 12.8. The first-order valence-electron chi connectivity index (χ1n) is 9.55. The summed E-state index contributed by atoms with van der Waals surface area (Å²) >= 11 is 0. The van der Waals surface area contributed by atoms with E-state index in [1.54, 1.807) is 0 Å².